The first-order valence-electron chi connectivity index (χ1n) is 24.3. The lowest BCUT2D eigenvalue weighted by atomic mass is 9.99. The van der Waals surface area contributed by atoms with Crippen molar-refractivity contribution in [3.05, 3.63) is 134 Å². The topological polar surface area (TPSA) is 135 Å². The largest absolute Gasteiger partial charge is 0.457 e. The van der Waals surface area contributed by atoms with Gasteiger partial charge in [-0.3, -0.25) is 4.79 Å². The van der Waals surface area contributed by atoms with Gasteiger partial charge in [0.15, 0.2) is 6.29 Å². The second-order valence-electron chi connectivity index (χ2n) is 15.8. The third-order valence-corrected chi connectivity index (χ3v) is 10.1. The Morgan fingerprint density at radius 2 is 0.906 bits per heavy atom. The molecule has 1 heterocycles. The minimum absolute atomic E-state index is 0.0981. The molecule has 1 aliphatic heterocycles. The van der Waals surface area contributed by atoms with E-state index in [0.717, 1.165) is 116 Å². The highest BCUT2D eigenvalue weighted by Crippen LogP contribution is 2.22. The number of ether oxygens (including phenoxy) is 4. The van der Waals surface area contributed by atoms with Crippen LogP contribution in [0.1, 0.15) is 142 Å². The average Bonchev–Trinajstić information content (AvgIpc) is 3.30. The quantitative estimate of drug-likeness (QED) is 0.0270. The molecule has 1 aliphatic rings. The zero-order valence-corrected chi connectivity index (χ0v) is 39.5. The molecule has 1 saturated heterocycles. The zero-order chi connectivity index (χ0) is 46.4. The Morgan fingerprint density at radius 3 is 1.36 bits per heavy atom. The number of rotatable bonds is 39. The summed E-state index contributed by atoms with van der Waals surface area (Å²) >= 11 is 0. The molecule has 0 aliphatic carbocycles. The van der Waals surface area contributed by atoms with Gasteiger partial charge in [-0.1, -0.05) is 167 Å². The molecule has 4 N–H and O–H groups in total. The highest BCUT2D eigenvalue weighted by molar-refractivity contribution is 5.69. The van der Waals surface area contributed by atoms with Crippen LogP contribution in [-0.2, 0) is 23.7 Å². The maximum absolute atomic E-state index is 12.8. The van der Waals surface area contributed by atoms with E-state index >= 15 is 0 Å². The molecule has 0 saturated carbocycles. The summed E-state index contributed by atoms with van der Waals surface area (Å²) in [5, 5.41) is 40.2. The van der Waals surface area contributed by atoms with Crippen molar-refractivity contribution >= 4 is 5.97 Å². The number of aliphatic hydroxyl groups is 4. The summed E-state index contributed by atoms with van der Waals surface area (Å²) in [4.78, 5) is 12.8. The summed E-state index contributed by atoms with van der Waals surface area (Å²) in [7, 11) is 0. The number of carbonyl (C=O) groups excluding carboxylic acids is 1. The standard InChI is InChI=1S/C55H86O9/c1-3-5-7-9-11-13-15-17-19-21-23-24-25-26-27-28-30-32-34-36-38-40-42-44-51(57)63-49(48-62-55-54(60)53(59)52(58)50(46-56)64-55)47-61-45-43-41-39-37-35-33-31-29-22-20-18-16-14-12-10-8-6-4-2/h5-8,11-14,17-20,23-24,26-27,29-32,36,38,49-50,52-56,58-60H,3-4,9-10,15-16,21-22,25,28,33-35,37,39-48H2,1-2H3/b7-5-,8-6-,13-11-,14-12-,19-17-,20-18-,24-23-,27-26-,31-29-,32-30-,38-36-. The van der Waals surface area contributed by atoms with E-state index in [1.165, 1.54) is 0 Å². The lowest BCUT2D eigenvalue weighted by molar-refractivity contribution is -0.305. The molecule has 1 rings (SSSR count). The van der Waals surface area contributed by atoms with Gasteiger partial charge >= 0.3 is 5.97 Å². The second-order valence-corrected chi connectivity index (χ2v) is 15.8. The van der Waals surface area contributed by atoms with Crippen molar-refractivity contribution in [2.45, 2.75) is 179 Å². The fraction of sp³-hybridized carbons (Fsp3) is 0.582. The molecular formula is C55H86O9. The Labute approximate surface area is 388 Å². The summed E-state index contributed by atoms with van der Waals surface area (Å²) in [5.41, 5.74) is 0. The van der Waals surface area contributed by atoms with E-state index in [1.54, 1.807) is 0 Å². The predicted molar refractivity (Wildman–Crippen MR) is 265 cm³/mol. The number of esters is 1. The lowest BCUT2D eigenvalue weighted by Crippen LogP contribution is -2.59. The first kappa shape index (κ1) is 58.3. The van der Waals surface area contributed by atoms with E-state index in [1.807, 2.05) is 0 Å². The van der Waals surface area contributed by atoms with Gasteiger partial charge in [0, 0.05) is 13.0 Å². The predicted octanol–water partition coefficient (Wildman–Crippen LogP) is 11.7. The molecule has 0 radical (unpaired) electrons. The van der Waals surface area contributed by atoms with Crippen molar-refractivity contribution in [2.24, 2.45) is 0 Å². The number of unbranched alkanes of at least 4 members (excludes halogenated alkanes) is 6. The molecule has 1 fully saturated rings. The molecule has 9 heteroatoms. The van der Waals surface area contributed by atoms with Gasteiger partial charge in [-0.25, -0.2) is 0 Å². The van der Waals surface area contributed by atoms with Crippen LogP contribution >= 0.6 is 0 Å². The average molecular weight is 891 g/mol. The summed E-state index contributed by atoms with van der Waals surface area (Å²) in [5.74, 6) is -0.385. The Bertz CT molecular complexity index is 1430. The van der Waals surface area contributed by atoms with Crippen molar-refractivity contribution in [1.29, 1.82) is 0 Å². The van der Waals surface area contributed by atoms with Gasteiger partial charge in [-0.05, 0) is 103 Å². The van der Waals surface area contributed by atoms with Crippen LogP contribution < -0.4 is 0 Å². The first-order chi connectivity index (χ1) is 31.4. The zero-order valence-electron chi connectivity index (χ0n) is 39.5. The Kier molecular flexibility index (Phi) is 40.6. The molecule has 9 nitrogen and oxygen atoms in total. The third kappa shape index (κ3) is 34.7. The molecule has 360 valence electrons. The highest BCUT2D eigenvalue weighted by atomic mass is 16.7. The van der Waals surface area contributed by atoms with E-state index in [9.17, 15) is 25.2 Å². The van der Waals surface area contributed by atoms with Gasteiger partial charge in [-0.15, -0.1) is 0 Å². The maximum Gasteiger partial charge on any atom is 0.306 e. The van der Waals surface area contributed by atoms with Crippen LogP contribution in [0.5, 0.6) is 0 Å². The lowest BCUT2D eigenvalue weighted by Gasteiger charge is -2.39. The van der Waals surface area contributed by atoms with Crippen molar-refractivity contribution < 1.29 is 44.2 Å². The molecule has 0 aromatic rings. The van der Waals surface area contributed by atoms with E-state index in [4.69, 9.17) is 18.9 Å². The molecule has 64 heavy (non-hydrogen) atoms. The summed E-state index contributed by atoms with van der Waals surface area (Å²) in [6, 6.07) is 0. The van der Waals surface area contributed by atoms with Crippen LogP contribution in [0.25, 0.3) is 0 Å². The number of hydrogen-bond donors (Lipinski definition) is 4. The summed E-state index contributed by atoms with van der Waals surface area (Å²) in [6.07, 6.45) is 59.1. The molecule has 0 aromatic heterocycles. The summed E-state index contributed by atoms with van der Waals surface area (Å²) in [6.45, 7) is 4.18. The number of aliphatic hydroxyl groups excluding tert-OH is 4. The monoisotopic (exact) mass is 891 g/mol. The van der Waals surface area contributed by atoms with Crippen LogP contribution in [0.3, 0.4) is 0 Å². The van der Waals surface area contributed by atoms with Crippen LogP contribution in [0.4, 0.5) is 0 Å². The molecule has 6 atom stereocenters. The third-order valence-electron chi connectivity index (χ3n) is 10.1. The van der Waals surface area contributed by atoms with Crippen molar-refractivity contribution in [1.82, 2.24) is 0 Å². The maximum atomic E-state index is 12.8. The van der Waals surface area contributed by atoms with Crippen molar-refractivity contribution in [3.63, 3.8) is 0 Å². The Balaban J connectivity index is 2.32. The van der Waals surface area contributed by atoms with Gasteiger partial charge in [0.1, 0.15) is 30.5 Å². The van der Waals surface area contributed by atoms with Gasteiger partial charge < -0.3 is 39.4 Å². The number of allylic oxidation sites excluding steroid dienone is 22. The van der Waals surface area contributed by atoms with E-state index in [2.05, 4.69) is 148 Å². The number of hydrogen-bond acceptors (Lipinski definition) is 9. The fourth-order valence-corrected chi connectivity index (χ4v) is 6.35. The first-order valence-corrected chi connectivity index (χ1v) is 24.3. The summed E-state index contributed by atoms with van der Waals surface area (Å²) < 4.78 is 22.8. The van der Waals surface area contributed by atoms with E-state index in [0.29, 0.717) is 13.0 Å². The Hall–Kier alpha value is -3.67. The molecule has 0 aromatic carbocycles. The molecule has 0 bridgehead atoms. The smallest absolute Gasteiger partial charge is 0.306 e. The van der Waals surface area contributed by atoms with E-state index < -0.39 is 43.4 Å². The molecule has 0 amide bonds. The second kappa shape index (κ2) is 44.5. The van der Waals surface area contributed by atoms with Crippen molar-refractivity contribution in [2.75, 3.05) is 26.4 Å². The van der Waals surface area contributed by atoms with Gasteiger partial charge in [0.25, 0.3) is 0 Å². The van der Waals surface area contributed by atoms with Crippen LogP contribution in [0, 0.1) is 0 Å². The van der Waals surface area contributed by atoms with Crippen LogP contribution in [0.15, 0.2) is 134 Å². The minimum atomic E-state index is -1.56. The van der Waals surface area contributed by atoms with Crippen LogP contribution in [-0.4, -0.2) is 89.6 Å². The SMILES string of the molecule is CC/C=C\C/C=C\C/C=C\C/C=C\C/C=C\C/C=C\C/C=C\CCCC(=O)OC(COCCCCCCC/C=C\C/C=C\C/C=C\C/C=C\CC)COC1OC(CO)C(O)C(O)C1O. The minimum Gasteiger partial charge on any atom is -0.457 e. The van der Waals surface area contributed by atoms with Crippen molar-refractivity contribution in [3.8, 4) is 0 Å². The molecular weight excluding hydrogens is 805 g/mol. The normalized spacial score (nSPS) is 20.8. The highest BCUT2D eigenvalue weighted by Gasteiger charge is 2.44. The van der Waals surface area contributed by atoms with E-state index in [-0.39, 0.29) is 25.6 Å². The van der Waals surface area contributed by atoms with Gasteiger partial charge in [0.05, 0.1) is 19.8 Å². The molecule has 6 unspecified atom stereocenters. The van der Waals surface area contributed by atoms with Gasteiger partial charge in [0.2, 0.25) is 0 Å². The fourth-order valence-electron chi connectivity index (χ4n) is 6.35. The molecule has 0 spiro atoms. The van der Waals surface area contributed by atoms with Crippen LogP contribution in [0.2, 0.25) is 0 Å². The van der Waals surface area contributed by atoms with Gasteiger partial charge in [-0.2, -0.15) is 0 Å². The Morgan fingerprint density at radius 1 is 0.500 bits per heavy atom. The number of carbonyl (C=O) groups is 1.